The fourth-order valence-corrected chi connectivity index (χ4v) is 1.26. The first-order valence-corrected chi connectivity index (χ1v) is 5.99. The van der Waals surface area contributed by atoms with Gasteiger partial charge in [0.15, 0.2) is 5.78 Å². The van der Waals surface area contributed by atoms with Gasteiger partial charge in [0.1, 0.15) is 0 Å². The Balaban J connectivity index is 4.39. The highest BCUT2D eigenvalue weighted by molar-refractivity contribution is 5.98. The van der Waals surface area contributed by atoms with Crippen molar-refractivity contribution in [2.24, 2.45) is 5.92 Å². The molecule has 0 aromatic carbocycles. The van der Waals surface area contributed by atoms with Crippen molar-refractivity contribution in [3.8, 4) is 0 Å². The van der Waals surface area contributed by atoms with Crippen molar-refractivity contribution >= 4 is 11.7 Å². The maximum Gasteiger partial charge on any atom is 0.244 e. The molecule has 0 radical (unpaired) electrons. The number of carbonyl (C=O) groups excluding carboxylic acids is 2. The summed E-state index contributed by atoms with van der Waals surface area (Å²) in [6, 6.07) is 0. The minimum absolute atomic E-state index is 0.0270. The molecule has 1 amide bonds. The zero-order chi connectivity index (χ0) is 13.5. The molecule has 2 N–H and O–H groups in total. The number of hydrogen-bond donors (Lipinski definition) is 2. The SMILES string of the molecule is CCC(C)(CCO)NC(=O)/C=C/C(=O)C(C)C. The number of carbonyl (C=O) groups is 2. The molecular formula is C13H23NO3. The number of rotatable bonds is 7. The van der Waals surface area contributed by atoms with E-state index in [9.17, 15) is 9.59 Å². The fourth-order valence-electron chi connectivity index (χ4n) is 1.26. The van der Waals surface area contributed by atoms with E-state index in [0.717, 1.165) is 6.42 Å². The molecule has 0 saturated carbocycles. The van der Waals surface area contributed by atoms with Crippen LogP contribution >= 0.6 is 0 Å². The molecule has 0 fully saturated rings. The third kappa shape index (κ3) is 6.22. The van der Waals surface area contributed by atoms with Crippen LogP contribution in [0.2, 0.25) is 0 Å². The Morgan fingerprint density at radius 3 is 2.35 bits per heavy atom. The van der Waals surface area contributed by atoms with Crippen molar-refractivity contribution in [3.63, 3.8) is 0 Å². The monoisotopic (exact) mass is 241 g/mol. The molecule has 0 aromatic heterocycles. The van der Waals surface area contributed by atoms with Crippen LogP contribution in [0, 0.1) is 5.92 Å². The standard InChI is InChI=1S/C13H23NO3/c1-5-13(4,8-9-15)14-12(17)7-6-11(16)10(2)3/h6-7,10,15H,5,8-9H2,1-4H3,(H,14,17)/b7-6+. The van der Waals surface area contributed by atoms with E-state index < -0.39 is 5.54 Å². The topological polar surface area (TPSA) is 66.4 Å². The minimum Gasteiger partial charge on any atom is -0.396 e. The Morgan fingerprint density at radius 2 is 1.94 bits per heavy atom. The predicted molar refractivity (Wildman–Crippen MR) is 67.5 cm³/mol. The van der Waals surface area contributed by atoms with Crippen LogP contribution in [0.3, 0.4) is 0 Å². The van der Waals surface area contributed by atoms with Gasteiger partial charge in [-0.2, -0.15) is 0 Å². The van der Waals surface area contributed by atoms with Crippen LogP contribution in [-0.2, 0) is 9.59 Å². The maximum atomic E-state index is 11.6. The molecule has 0 heterocycles. The van der Waals surface area contributed by atoms with E-state index >= 15 is 0 Å². The molecule has 1 unspecified atom stereocenters. The van der Waals surface area contributed by atoms with Gasteiger partial charge in [-0.25, -0.2) is 0 Å². The molecular weight excluding hydrogens is 218 g/mol. The summed E-state index contributed by atoms with van der Waals surface area (Å²) in [5.74, 6) is -0.466. The van der Waals surface area contributed by atoms with E-state index in [1.807, 2.05) is 13.8 Å². The Bertz CT molecular complexity index is 297. The van der Waals surface area contributed by atoms with Gasteiger partial charge >= 0.3 is 0 Å². The second-order valence-corrected chi connectivity index (χ2v) is 4.77. The summed E-state index contributed by atoms with van der Waals surface area (Å²) >= 11 is 0. The third-order valence-electron chi connectivity index (χ3n) is 2.84. The number of allylic oxidation sites excluding steroid dienone is 1. The van der Waals surface area contributed by atoms with Gasteiger partial charge in [-0.3, -0.25) is 9.59 Å². The van der Waals surface area contributed by atoms with Gasteiger partial charge < -0.3 is 10.4 Å². The number of aliphatic hydroxyl groups is 1. The summed E-state index contributed by atoms with van der Waals surface area (Å²) in [6.45, 7) is 7.41. The molecule has 4 heteroatoms. The fraction of sp³-hybridized carbons (Fsp3) is 0.692. The van der Waals surface area contributed by atoms with Gasteiger partial charge in [0, 0.05) is 24.1 Å². The first kappa shape index (κ1) is 15.8. The Labute approximate surface area is 103 Å². The lowest BCUT2D eigenvalue weighted by molar-refractivity contribution is -0.120. The summed E-state index contributed by atoms with van der Waals surface area (Å²) < 4.78 is 0. The molecule has 4 nitrogen and oxygen atoms in total. The summed E-state index contributed by atoms with van der Waals surface area (Å²) in [7, 11) is 0. The van der Waals surface area contributed by atoms with E-state index in [-0.39, 0.29) is 24.2 Å². The molecule has 0 aliphatic rings. The highest BCUT2D eigenvalue weighted by Gasteiger charge is 2.22. The molecule has 0 saturated heterocycles. The van der Waals surface area contributed by atoms with Crippen molar-refractivity contribution in [3.05, 3.63) is 12.2 Å². The van der Waals surface area contributed by atoms with Crippen molar-refractivity contribution in [2.45, 2.75) is 46.1 Å². The molecule has 0 aromatic rings. The zero-order valence-electron chi connectivity index (χ0n) is 11.1. The van der Waals surface area contributed by atoms with Crippen LogP contribution < -0.4 is 5.32 Å². The largest absolute Gasteiger partial charge is 0.396 e. The average molecular weight is 241 g/mol. The lowest BCUT2D eigenvalue weighted by Crippen LogP contribution is -2.45. The van der Waals surface area contributed by atoms with Gasteiger partial charge in [0.2, 0.25) is 5.91 Å². The van der Waals surface area contributed by atoms with Gasteiger partial charge in [0.25, 0.3) is 0 Å². The van der Waals surface area contributed by atoms with Crippen LogP contribution in [0.25, 0.3) is 0 Å². The van der Waals surface area contributed by atoms with Crippen molar-refractivity contribution in [2.75, 3.05) is 6.61 Å². The molecule has 0 aliphatic carbocycles. The number of nitrogens with one attached hydrogen (secondary N) is 1. The average Bonchev–Trinajstić information content (AvgIpc) is 2.26. The highest BCUT2D eigenvalue weighted by Crippen LogP contribution is 2.13. The molecule has 0 bridgehead atoms. The maximum absolute atomic E-state index is 11.6. The minimum atomic E-state index is -0.420. The van der Waals surface area contributed by atoms with Crippen LogP contribution in [0.1, 0.15) is 40.5 Å². The molecule has 0 aliphatic heterocycles. The van der Waals surface area contributed by atoms with Gasteiger partial charge in [-0.1, -0.05) is 20.8 Å². The number of aliphatic hydroxyl groups excluding tert-OH is 1. The molecule has 0 spiro atoms. The Morgan fingerprint density at radius 1 is 1.35 bits per heavy atom. The van der Waals surface area contributed by atoms with E-state index in [2.05, 4.69) is 5.32 Å². The normalized spacial score (nSPS) is 14.9. The summed E-state index contributed by atoms with van der Waals surface area (Å²) in [4.78, 5) is 22.9. The Hall–Kier alpha value is -1.16. The van der Waals surface area contributed by atoms with Crippen molar-refractivity contribution in [1.82, 2.24) is 5.32 Å². The predicted octanol–water partition coefficient (Wildman–Crippen LogP) is 1.43. The molecule has 1 atom stereocenters. The molecule has 98 valence electrons. The molecule has 17 heavy (non-hydrogen) atoms. The zero-order valence-corrected chi connectivity index (χ0v) is 11.1. The second-order valence-electron chi connectivity index (χ2n) is 4.77. The summed E-state index contributed by atoms with van der Waals surface area (Å²) in [5, 5.41) is 11.7. The Kier molecular flexibility index (Phi) is 6.73. The first-order chi connectivity index (χ1) is 7.84. The van der Waals surface area contributed by atoms with Gasteiger partial charge in [-0.05, 0) is 25.8 Å². The van der Waals surface area contributed by atoms with E-state index in [1.54, 1.807) is 13.8 Å². The number of ketones is 1. The summed E-state index contributed by atoms with van der Waals surface area (Å²) in [6.07, 6.45) is 3.79. The van der Waals surface area contributed by atoms with Crippen LogP contribution in [0.15, 0.2) is 12.2 Å². The van der Waals surface area contributed by atoms with Crippen LogP contribution in [0.4, 0.5) is 0 Å². The van der Waals surface area contributed by atoms with E-state index in [0.29, 0.717) is 6.42 Å². The molecule has 0 rings (SSSR count). The smallest absolute Gasteiger partial charge is 0.244 e. The van der Waals surface area contributed by atoms with Crippen molar-refractivity contribution < 1.29 is 14.7 Å². The van der Waals surface area contributed by atoms with Crippen LogP contribution in [0.5, 0.6) is 0 Å². The van der Waals surface area contributed by atoms with Gasteiger partial charge in [-0.15, -0.1) is 0 Å². The van der Waals surface area contributed by atoms with Crippen LogP contribution in [-0.4, -0.2) is 28.9 Å². The number of amides is 1. The highest BCUT2D eigenvalue weighted by atomic mass is 16.3. The third-order valence-corrected chi connectivity index (χ3v) is 2.84. The lowest BCUT2D eigenvalue weighted by Gasteiger charge is -2.28. The van der Waals surface area contributed by atoms with E-state index in [4.69, 9.17) is 5.11 Å². The van der Waals surface area contributed by atoms with Crippen molar-refractivity contribution in [1.29, 1.82) is 0 Å². The number of hydrogen-bond acceptors (Lipinski definition) is 3. The second kappa shape index (κ2) is 7.22. The quantitative estimate of drug-likeness (QED) is 0.663. The summed E-state index contributed by atoms with van der Waals surface area (Å²) in [5.41, 5.74) is -0.420. The lowest BCUT2D eigenvalue weighted by atomic mass is 9.95. The van der Waals surface area contributed by atoms with E-state index in [1.165, 1.54) is 12.2 Å². The van der Waals surface area contributed by atoms with Gasteiger partial charge in [0.05, 0.1) is 0 Å². The first-order valence-electron chi connectivity index (χ1n) is 5.99.